The molecule has 76 heavy (non-hydrogen) atoms. The number of ether oxygens (including phenoxy) is 3. The van der Waals surface area contributed by atoms with Crippen molar-refractivity contribution in [3.05, 3.63) is 164 Å². The maximum absolute atomic E-state index is 15.5. The van der Waals surface area contributed by atoms with Gasteiger partial charge in [-0.2, -0.15) is 0 Å². The van der Waals surface area contributed by atoms with Gasteiger partial charge in [0.2, 0.25) is 0 Å². The van der Waals surface area contributed by atoms with Crippen molar-refractivity contribution in [2.75, 3.05) is 78.9 Å². The van der Waals surface area contributed by atoms with Crippen LogP contribution in [0, 0.1) is 0 Å². The van der Waals surface area contributed by atoms with Crippen LogP contribution in [-0.2, 0) is 32.5 Å². The van der Waals surface area contributed by atoms with Gasteiger partial charge in [0.15, 0.2) is 28.9 Å². The van der Waals surface area contributed by atoms with Gasteiger partial charge in [0, 0.05) is 83.6 Å². The van der Waals surface area contributed by atoms with Crippen LogP contribution in [0.15, 0.2) is 103 Å². The van der Waals surface area contributed by atoms with Crippen LogP contribution in [-0.4, -0.2) is 139 Å². The van der Waals surface area contributed by atoms with Crippen LogP contribution in [0.2, 0.25) is 0 Å². The van der Waals surface area contributed by atoms with Crippen molar-refractivity contribution in [3.63, 3.8) is 0 Å². The van der Waals surface area contributed by atoms with Crippen LogP contribution >= 0.6 is 0 Å². The lowest BCUT2D eigenvalue weighted by Crippen LogP contribution is -2.57. The molecular formula is C65H75N3O8. The smallest absolute Gasteiger partial charge is 0.194 e. The number of nitrogens with zero attached hydrogens (tertiary/aromatic N) is 3. The molecule has 11 heteroatoms. The fraction of sp³-hybridized carbons (Fsp3) is 0.462. The molecule has 3 aliphatic heterocycles. The molecule has 3 saturated heterocycles. The first kappa shape index (κ1) is 53.6. The maximum Gasteiger partial charge on any atom is 0.194 e. The normalized spacial score (nSPS) is 18.2. The van der Waals surface area contributed by atoms with E-state index in [2.05, 4.69) is 92.6 Å². The zero-order chi connectivity index (χ0) is 53.4. The van der Waals surface area contributed by atoms with E-state index in [1.807, 2.05) is 42.5 Å². The van der Waals surface area contributed by atoms with E-state index in [9.17, 15) is 19.2 Å². The molecule has 3 heterocycles. The SMILES string of the molecule is CCC(CC)(C(=O)c1ccc(CC2(Cc3ccc(C(=O)C(CC)(CC)N4CCOCC4)cc3)c3cc(C(=O)C(CC)(CC)N4CCOCC4)ccc3-c3cc4c(cc32)C(=O)c2ccccc2C4=O)cc1)N1CCOCC1. The lowest BCUT2D eigenvalue weighted by molar-refractivity contribution is -0.0176. The fourth-order valence-corrected chi connectivity index (χ4v) is 14.2. The van der Waals surface area contributed by atoms with Crippen molar-refractivity contribution in [2.24, 2.45) is 0 Å². The van der Waals surface area contributed by atoms with E-state index >= 15 is 4.79 Å². The van der Waals surface area contributed by atoms with Crippen LogP contribution in [0.1, 0.15) is 165 Å². The van der Waals surface area contributed by atoms with Gasteiger partial charge in [0.05, 0.1) is 56.3 Å². The summed E-state index contributed by atoms with van der Waals surface area (Å²) in [5.41, 5.74) is 5.96. The van der Waals surface area contributed by atoms with Gasteiger partial charge >= 0.3 is 0 Å². The largest absolute Gasteiger partial charge is 0.379 e. The number of Topliss-reactive ketones (excluding diaryl/α,β-unsaturated/α-hetero) is 3. The summed E-state index contributed by atoms with van der Waals surface area (Å²) >= 11 is 0. The first-order valence-corrected chi connectivity index (χ1v) is 28.2. The highest BCUT2D eigenvalue weighted by Crippen LogP contribution is 2.54. The summed E-state index contributed by atoms with van der Waals surface area (Å²) < 4.78 is 17.2. The molecule has 0 radical (unpaired) electrons. The predicted octanol–water partition coefficient (Wildman–Crippen LogP) is 10.4. The van der Waals surface area contributed by atoms with E-state index < -0.39 is 22.0 Å². The lowest BCUT2D eigenvalue weighted by atomic mass is 9.68. The lowest BCUT2D eigenvalue weighted by Gasteiger charge is -2.44. The molecule has 0 spiro atoms. The molecule has 5 aromatic carbocycles. The number of hydrogen-bond donors (Lipinski definition) is 0. The third-order valence-corrected chi connectivity index (χ3v) is 18.7. The van der Waals surface area contributed by atoms with Gasteiger partial charge < -0.3 is 14.2 Å². The Labute approximate surface area is 449 Å². The number of fused-ring (bicyclic) bond motifs is 5. The number of rotatable bonds is 19. The zero-order valence-corrected chi connectivity index (χ0v) is 45.6. The van der Waals surface area contributed by atoms with E-state index in [1.54, 1.807) is 24.3 Å². The van der Waals surface area contributed by atoms with Crippen molar-refractivity contribution in [2.45, 2.75) is 115 Å². The highest BCUT2D eigenvalue weighted by Gasteiger charge is 2.49. The Hall–Kier alpha value is -5.79. The van der Waals surface area contributed by atoms with Crippen LogP contribution < -0.4 is 0 Å². The first-order chi connectivity index (χ1) is 36.9. The van der Waals surface area contributed by atoms with Crippen LogP contribution in [0.25, 0.3) is 11.1 Å². The number of hydrogen-bond acceptors (Lipinski definition) is 11. The van der Waals surface area contributed by atoms with E-state index in [4.69, 9.17) is 14.2 Å². The topological polar surface area (TPSA) is 123 Å². The van der Waals surface area contributed by atoms with E-state index in [0.29, 0.717) is 169 Å². The van der Waals surface area contributed by atoms with E-state index in [0.717, 1.165) is 33.4 Å². The summed E-state index contributed by atoms with van der Waals surface area (Å²) in [5, 5.41) is 0. The Bertz CT molecular complexity index is 2910. The second-order valence-electron chi connectivity index (χ2n) is 21.7. The average molecular weight is 1030 g/mol. The van der Waals surface area contributed by atoms with Gasteiger partial charge in [-0.15, -0.1) is 0 Å². The van der Waals surface area contributed by atoms with Gasteiger partial charge in [-0.25, -0.2) is 0 Å². The summed E-state index contributed by atoms with van der Waals surface area (Å²) in [5.74, 6) is -0.134. The monoisotopic (exact) mass is 1030 g/mol. The highest BCUT2D eigenvalue weighted by molar-refractivity contribution is 6.29. The Morgan fingerprint density at radius 1 is 0.408 bits per heavy atom. The Kier molecular flexibility index (Phi) is 15.5. The Morgan fingerprint density at radius 2 is 0.750 bits per heavy atom. The van der Waals surface area contributed by atoms with E-state index in [-0.39, 0.29) is 28.9 Å². The second-order valence-corrected chi connectivity index (χ2v) is 21.7. The molecule has 0 N–H and O–H groups in total. The number of morpholine rings is 3. The molecule has 0 atom stereocenters. The molecule has 0 unspecified atom stereocenters. The maximum atomic E-state index is 15.5. The summed E-state index contributed by atoms with van der Waals surface area (Å²) in [6.07, 6.45) is 4.85. The van der Waals surface area contributed by atoms with E-state index in [1.165, 1.54) is 0 Å². The van der Waals surface area contributed by atoms with Gasteiger partial charge in [-0.05, 0) is 103 Å². The molecule has 0 aromatic heterocycles. The highest BCUT2D eigenvalue weighted by atomic mass is 16.5. The minimum absolute atomic E-state index is 0.0593. The third kappa shape index (κ3) is 8.89. The standard InChI is InChI=1S/C65H75N3O8/c1-7-63(8-2,66-27-33-74-34-28-66)59(71)46-21-17-44(18-22-46)42-62(43-45-19-23-47(24-20-45)60(72)64(9-3,10-4)67-29-35-75-36-30-67)55-39-48(61(73)65(11-5,12-6)68-31-37-76-38-32-68)25-26-49(55)52-40-53-54(41-56(52)62)58(70)51-16-14-13-15-50(51)57(53)69/h13-26,39-41H,7-12,27-38,42-43H2,1-6H3. The molecule has 5 aliphatic rings. The fourth-order valence-electron chi connectivity index (χ4n) is 14.2. The molecule has 2 aliphatic carbocycles. The number of benzene rings is 5. The second kappa shape index (κ2) is 21.9. The van der Waals surface area contributed by atoms with Gasteiger partial charge in [0.25, 0.3) is 0 Å². The average Bonchev–Trinajstić information content (AvgIpc) is 3.78. The van der Waals surface area contributed by atoms with Crippen molar-refractivity contribution >= 4 is 28.9 Å². The molecule has 0 saturated carbocycles. The predicted molar refractivity (Wildman–Crippen MR) is 296 cm³/mol. The van der Waals surface area contributed by atoms with Crippen molar-refractivity contribution in [1.82, 2.24) is 14.7 Å². The Balaban J connectivity index is 1.14. The molecule has 5 aromatic rings. The quantitative estimate of drug-likeness (QED) is 0.0721. The minimum atomic E-state index is -0.901. The molecule has 3 fully saturated rings. The molecule has 10 rings (SSSR count). The van der Waals surface area contributed by atoms with Crippen LogP contribution in [0.5, 0.6) is 0 Å². The van der Waals surface area contributed by atoms with Crippen molar-refractivity contribution in [3.8, 4) is 11.1 Å². The first-order valence-electron chi connectivity index (χ1n) is 28.2. The summed E-state index contributed by atoms with van der Waals surface area (Å²) in [6, 6.07) is 33.2. The van der Waals surface area contributed by atoms with Crippen molar-refractivity contribution in [1.29, 1.82) is 0 Å². The number of carbonyl (C=O) groups is 5. The molecule has 398 valence electrons. The van der Waals surface area contributed by atoms with Gasteiger partial charge in [-0.3, -0.25) is 38.7 Å². The summed E-state index contributed by atoms with van der Waals surface area (Å²) in [4.78, 5) is 81.2. The molecular weight excluding hydrogens is 951 g/mol. The number of ketones is 5. The van der Waals surface area contributed by atoms with Crippen molar-refractivity contribution < 1.29 is 38.2 Å². The van der Waals surface area contributed by atoms with Gasteiger partial charge in [-0.1, -0.05) is 126 Å². The summed E-state index contributed by atoms with van der Waals surface area (Å²) in [6.45, 7) is 20.2. The Morgan fingerprint density at radius 3 is 1.13 bits per heavy atom. The van der Waals surface area contributed by atoms with Gasteiger partial charge in [0.1, 0.15) is 0 Å². The molecule has 0 bridgehead atoms. The third-order valence-electron chi connectivity index (χ3n) is 18.7. The molecule has 0 amide bonds. The number of carbonyl (C=O) groups excluding carboxylic acids is 5. The minimum Gasteiger partial charge on any atom is -0.379 e. The van der Waals surface area contributed by atoms with Crippen LogP contribution in [0.3, 0.4) is 0 Å². The summed E-state index contributed by atoms with van der Waals surface area (Å²) in [7, 11) is 0. The van der Waals surface area contributed by atoms with Crippen LogP contribution in [0.4, 0.5) is 0 Å². The zero-order valence-electron chi connectivity index (χ0n) is 45.6. The molecule has 11 nitrogen and oxygen atoms in total.